The third-order valence-electron chi connectivity index (χ3n) is 2.07. The molecule has 0 heterocycles. The van der Waals surface area contributed by atoms with E-state index in [1.807, 2.05) is 0 Å². The van der Waals surface area contributed by atoms with E-state index in [0.29, 0.717) is 0 Å². The third kappa shape index (κ3) is 3.64. The first-order valence-corrected chi connectivity index (χ1v) is 7.38. The summed E-state index contributed by atoms with van der Waals surface area (Å²) < 4.78 is 22.4. The summed E-state index contributed by atoms with van der Waals surface area (Å²) in [6, 6.07) is 3.67. The van der Waals surface area contributed by atoms with E-state index >= 15 is 0 Å². The summed E-state index contributed by atoms with van der Waals surface area (Å²) in [5.41, 5.74) is 0.111. The molecule has 0 aliphatic carbocycles. The van der Waals surface area contributed by atoms with Gasteiger partial charge in [-0.3, -0.25) is 4.79 Å². The van der Waals surface area contributed by atoms with Gasteiger partial charge in [-0.2, -0.15) is 0 Å². The van der Waals surface area contributed by atoms with Gasteiger partial charge in [-0.05, 0) is 18.2 Å². The number of amides is 1. The number of halogens is 2. The zero-order chi connectivity index (χ0) is 13.9. The first-order chi connectivity index (χ1) is 8.25. The molecular formula is C11H9Cl2NO3S. The Balaban J connectivity index is 3.24. The molecule has 0 aliphatic heterocycles. The van der Waals surface area contributed by atoms with Crippen LogP contribution in [0.3, 0.4) is 0 Å². The zero-order valence-corrected chi connectivity index (χ0v) is 11.7. The van der Waals surface area contributed by atoms with Crippen LogP contribution in [0.25, 0.3) is 0 Å². The van der Waals surface area contributed by atoms with Crippen LogP contribution in [-0.2, 0) is 9.05 Å². The first-order valence-electron chi connectivity index (χ1n) is 4.70. The standard InChI is InChI=1S/C11H9Cl2NO3S/c1-3-4-14(2)11(15)8-5-9(12)7-10(6-8)18(13,16)17/h1,5-7H,4H2,2H3. The SMILES string of the molecule is C#CCN(C)C(=O)c1cc(Cl)cc(S(=O)(=O)Cl)c1. The van der Waals surface area contributed by atoms with Crippen molar-refractivity contribution in [3.05, 3.63) is 28.8 Å². The molecule has 7 heteroatoms. The lowest BCUT2D eigenvalue weighted by atomic mass is 10.2. The van der Waals surface area contributed by atoms with E-state index < -0.39 is 15.0 Å². The first kappa shape index (κ1) is 14.8. The Labute approximate surface area is 115 Å². The summed E-state index contributed by atoms with van der Waals surface area (Å²) in [7, 11) is 2.76. The molecule has 0 saturated carbocycles. The summed E-state index contributed by atoms with van der Waals surface area (Å²) in [6.07, 6.45) is 5.09. The Morgan fingerprint density at radius 1 is 1.44 bits per heavy atom. The number of hydrogen-bond donors (Lipinski definition) is 0. The number of carbonyl (C=O) groups excluding carboxylic acids is 1. The lowest BCUT2D eigenvalue weighted by Crippen LogP contribution is -2.27. The van der Waals surface area contributed by atoms with Crippen LogP contribution in [0.4, 0.5) is 0 Å². The van der Waals surface area contributed by atoms with Crippen LogP contribution < -0.4 is 0 Å². The molecule has 0 saturated heterocycles. The average Bonchev–Trinajstić information content (AvgIpc) is 2.26. The second-order valence-electron chi connectivity index (χ2n) is 3.48. The minimum atomic E-state index is -3.94. The molecule has 1 amide bonds. The average molecular weight is 306 g/mol. The largest absolute Gasteiger partial charge is 0.331 e. The molecule has 0 aromatic heterocycles. The fraction of sp³-hybridized carbons (Fsp3) is 0.182. The van der Waals surface area contributed by atoms with Crippen molar-refractivity contribution in [1.29, 1.82) is 0 Å². The minimum Gasteiger partial charge on any atom is -0.331 e. The number of rotatable bonds is 3. The number of terminal acetylenes is 1. The Kier molecular flexibility index (Phi) is 4.63. The Hall–Kier alpha value is -1.22. The molecule has 0 atom stereocenters. The predicted molar refractivity (Wildman–Crippen MR) is 70.3 cm³/mol. The molecule has 0 unspecified atom stereocenters. The van der Waals surface area contributed by atoms with Crippen molar-refractivity contribution in [3.63, 3.8) is 0 Å². The van der Waals surface area contributed by atoms with Gasteiger partial charge >= 0.3 is 0 Å². The van der Waals surface area contributed by atoms with E-state index in [9.17, 15) is 13.2 Å². The summed E-state index contributed by atoms with van der Waals surface area (Å²) >= 11 is 5.75. The van der Waals surface area contributed by atoms with Crippen LogP contribution in [0.2, 0.25) is 5.02 Å². The second kappa shape index (κ2) is 5.61. The smallest absolute Gasteiger partial charge is 0.261 e. The lowest BCUT2D eigenvalue weighted by molar-refractivity contribution is 0.0812. The summed E-state index contributed by atoms with van der Waals surface area (Å²) in [4.78, 5) is 12.9. The Bertz CT molecular complexity index is 620. The second-order valence-corrected chi connectivity index (χ2v) is 6.48. The van der Waals surface area contributed by atoms with Gasteiger partial charge in [0.2, 0.25) is 0 Å². The molecule has 0 bridgehead atoms. The monoisotopic (exact) mass is 305 g/mol. The van der Waals surface area contributed by atoms with Gasteiger partial charge in [0, 0.05) is 28.3 Å². The maximum atomic E-state index is 11.9. The molecule has 0 radical (unpaired) electrons. The Morgan fingerprint density at radius 2 is 2.06 bits per heavy atom. The molecule has 96 valence electrons. The molecular weight excluding hydrogens is 297 g/mol. The van der Waals surface area contributed by atoms with Crippen LogP contribution in [0.15, 0.2) is 23.1 Å². The number of hydrogen-bond acceptors (Lipinski definition) is 3. The van der Waals surface area contributed by atoms with Crippen LogP contribution in [0.1, 0.15) is 10.4 Å². The van der Waals surface area contributed by atoms with Crippen molar-refractivity contribution in [2.24, 2.45) is 0 Å². The van der Waals surface area contributed by atoms with Crippen molar-refractivity contribution >= 4 is 37.2 Å². The molecule has 0 N–H and O–H groups in total. The van der Waals surface area contributed by atoms with Gasteiger partial charge in [0.15, 0.2) is 0 Å². The van der Waals surface area contributed by atoms with Gasteiger partial charge in [-0.15, -0.1) is 6.42 Å². The number of nitrogens with zero attached hydrogens (tertiary/aromatic N) is 1. The highest BCUT2D eigenvalue weighted by Crippen LogP contribution is 2.22. The molecule has 18 heavy (non-hydrogen) atoms. The maximum Gasteiger partial charge on any atom is 0.261 e. The van der Waals surface area contributed by atoms with Gasteiger partial charge in [0.05, 0.1) is 11.4 Å². The van der Waals surface area contributed by atoms with E-state index in [-0.39, 0.29) is 22.0 Å². The van der Waals surface area contributed by atoms with Crippen molar-refractivity contribution in [3.8, 4) is 12.3 Å². The molecule has 0 spiro atoms. The van der Waals surface area contributed by atoms with E-state index in [0.717, 1.165) is 6.07 Å². The van der Waals surface area contributed by atoms with Gasteiger partial charge in [-0.1, -0.05) is 17.5 Å². The molecule has 4 nitrogen and oxygen atoms in total. The maximum absolute atomic E-state index is 11.9. The predicted octanol–water partition coefficient (Wildman–Crippen LogP) is 1.97. The normalized spacial score (nSPS) is 10.8. The topological polar surface area (TPSA) is 54.5 Å². The highest BCUT2D eigenvalue weighted by Gasteiger charge is 2.17. The fourth-order valence-electron chi connectivity index (χ4n) is 1.26. The molecule has 0 aliphatic rings. The van der Waals surface area contributed by atoms with Gasteiger partial charge in [0.1, 0.15) is 0 Å². The van der Waals surface area contributed by atoms with Crippen LogP contribution in [0.5, 0.6) is 0 Å². The van der Waals surface area contributed by atoms with Crippen LogP contribution in [-0.4, -0.2) is 32.8 Å². The summed E-state index contributed by atoms with van der Waals surface area (Å²) in [5, 5.41) is 0.106. The van der Waals surface area contributed by atoms with E-state index in [2.05, 4.69) is 5.92 Å². The van der Waals surface area contributed by atoms with E-state index in [4.69, 9.17) is 28.7 Å². The number of benzene rings is 1. The van der Waals surface area contributed by atoms with Crippen LogP contribution >= 0.6 is 22.3 Å². The van der Waals surface area contributed by atoms with Crippen molar-refractivity contribution in [1.82, 2.24) is 4.90 Å². The quantitative estimate of drug-likeness (QED) is 0.634. The third-order valence-corrected chi connectivity index (χ3v) is 3.63. The van der Waals surface area contributed by atoms with E-state index in [1.54, 1.807) is 0 Å². The Morgan fingerprint density at radius 3 is 2.56 bits per heavy atom. The molecule has 0 fully saturated rings. The minimum absolute atomic E-state index is 0.105. The van der Waals surface area contributed by atoms with Crippen molar-refractivity contribution in [2.45, 2.75) is 4.90 Å². The van der Waals surface area contributed by atoms with Crippen molar-refractivity contribution in [2.75, 3.05) is 13.6 Å². The number of carbonyl (C=O) groups is 1. The summed E-state index contributed by atoms with van der Waals surface area (Å²) in [6.45, 7) is 0.105. The van der Waals surface area contributed by atoms with Crippen LogP contribution in [0, 0.1) is 12.3 Å². The van der Waals surface area contributed by atoms with Gasteiger partial charge < -0.3 is 4.90 Å². The molecule has 1 rings (SSSR count). The van der Waals surface area contributed by atoms with Gasteiger partial charge in [-0.25, -0.2) is 8.42 Å². The molecule has 1 aromatic carbocycles. The van der Waals surface area contributed by atoms with E-state index in [1.165, 1.54) is 24.1 Å². The van der Waals surface area contributed by atoms with Crippen molar-refractivity contribution < 1.29 is 13.2 Å². The molecule has 1 aromatic rings. The van der Waals surface area contributed by atoms with Gasteiger partial charge in [0.25, 0.3) is 15.0 Å². The zero-order valence-electron chi connectivity index (χ0n) is 9.35. The highest BCUT2D eigenvalue weighted by atomic mass is 35.7. The summed E-state index contributed by atoms with van der Waals surface area (Å²) in [5.74, 6) is 1.87. The fourth-order valence-corrected chi connectivity index (χ4v) is 2.36. The highest BCUT2D eigenvalue weighted by molar-refractivity contribution is 8.13. The lowest BCUT2D eigenvalue weighted by Gasteiger charge is -2.14.